The SMILES string of the molecule is COC(=O)C(C)(C)Sc1c(C)cc(C)cc1C. The van der Waals surface area contributed by atoms with Crippen LogP contribution in [0.4, 0.5) is 0 Å². The second kappa shape index (κ2) is 5.13. The summed E-state index contributed by atoms with van der Waals surface area (Å²) >= 11 is 1.57. The van der Waals surface area contributed by atoms with Crippen LogP contribution in [0.1, 0.15) is 30.5 Å². The van der Waals surface area contributed by atoms with E-state index < -0.39 is 4.75 Å². The average Bonchev–Trinajstić information content (AvgIpc) is 2.22. The van der Waals surface area contributed by atoms with Crippen LogP contribution in [0.3, 0.4) is 0 Å². The van der Waals surface area contributed by atoms with Gasteiger partial charge in [0.25, 0.3) is 0 Å². The molecule has 0 atom stereocenters. The third kappa shape index (κ3) is 3.25. The molecule has 0 spiro atoms. The van der Waals surface area contributed by atoms with Crippen LogP contribution in [0.5, 0.6) is 0 Å². The number of rotatable bonds is 3. The lowest BCUT2D eigenvalue weighted by Crippen LogP contribution is -2.29. The summed E-state index contributed by atoms with van der Waals surface area (Å²) in [5.74, 6) is -0.193. The van der Waals surface area contributed by atoms with Gasteiger partial charge in [0.2, 0.25) is 0 Å². The van der Waals surface area contributed by atoms with Gasteiger partial charge in [-0.15, -0.1) is 11.8 Å². The van der Waals surface area contributed by atoms with Gasteiger partial charge in [-0.1, -0.05) is 17.7 Å². The molecule has 17 heavy (non-hydrogen) atoms. The number of hydrogen-bond acceptors (Lipinski definition) is 3. The Morgan fingerprint density at radius 1 is 1.18 bits per heavy atom. The minimum absolute atomic E-state index is 0.193. The van der Waals surface area contributed by atoms with Gasteiger partial charge >= 0.3 is 5.97 Å². The number of carbonyl (C=O) groups excluding carboxylic acids is 1. The lowest BCUT2D eigenvalue weighted by molar-refractivity contribution is -0.142. The van der Waals surface area contributed by atoms with Gasteiger partial charge in [0.1, 0.15) is 4.75 Å². The Morgan fingerprint density at radius 3 is 2.06 bits per heavy atom. The molecular weight excluding hydrogens is 232 g/mol. The molecule has 0 unspecified atom stereocenters. The molecule has 0 aliphatic rings. The molecule has 0 saturated heterocycles. The highest BCUT2D eigenvalue weighted by atomic mass is 32.2. The van der Waals surface area contributed by atoms with Crippen LogP contribution >= 0.6 is 11.8 Å². The summed E-state index contributed by atoms with van der Waals surface area (Å²) in [5.41, 5.74) is 3.68. The number of benzene rings is 1. The summed E-state index contributed by atoms with van der Waals surface area (Å²) in [6.07, 6.45) is 0. The van der Waals surface area contributed by atoms with Gasteiger partial charge in [0, 0.05) is 4.90 Å². The standard InChI is InChI=1S/C14H20O2S/c1-9-7-10(2)12(11(3)8-9)17-14(4,5)13(15)16-6/h7-8H,1-6H3. The average molecular weight is 252 g/mol. The molecule has 1 aromatic rings. The van der Waals surface area contributed by atoms with Crippen LogP contribution in [0.25, 0.3) is 0 Å². The van der Waals surface area contributed by atoms with E-state index in [4.69, 9.17) is 4.74 Å². The van der Waals surface area contributed by atoms with Crippen molar-refractivity contribution in [3.8, 4) is 0 Å². The van der Waals surface area contributed by atoms with Crippen molar-refractivity contribution in [3.05, 3.63) is 28.8 Å². The van der Waals surface area contributed by atoms with Gasteiger partial charge in [-0.3, -0.25) is 4.79 Å². The molecular formula is C14H20O2S. The fourth-order valence-electron chi connectivity index (χ4n) is 1.87. The Morgan fingerprint density at radius 2 is 1.65 bits per heavy atom. The van der Waals surface area contributed by atoms with E-state index in [1.807, 2.05) is 13.8 Å². The number of methoxy groups -OCH3 is 1. The number of esters is 1. The van der Waals surface area contributed by atoms with Crippen molar-refractivity contribution in [1.29, 1.82) is 0 Å². The summed E-state index contributed by atoms with van der Waals surface area (Å²) in [6.45, 7) is 10.0. The Kier molecular flexibility index (Phi) is 4.26. The summed E-state index contributed by atoms with van der Waals surface area (Å²) in [6, 6.07) is 4.28. The molecule has 1 rings (SSSR count). The molecule has 94 valence electrons. The summed E-state index contributed by atoms with van der Waals surface area (Å²) in [4.78, 5) is 12.9. The van der Waals surface area contributed by atoms with E-state index in [0.29, 0.717) is 0 Å². The first-order chi connectivity index (χ1) is 7.77. The number of hydrogen-bond donors (Lipinski definition) is 0. The van der Waals surface area contributed by atoms with Gasteiger partial charge in [-0.2, -0.15) is 0 Å². The zero-order chi connectivity index (χ0) is 13.2. The highest BCUT2D eigenvalue weighted by Gasteiger charge is 2.31. The van der Waals surface area contributed by atoms with Crippen LogP contribution in [0.15, 0.2) is 17.0 Å². The number of thioether (sulfide) groups is 1. The van der Waals surface area contributed by atoms with E-state index in [0.717, 1.165) is 0 Å². The molecule has 0 N–H and O–H groups in total. The van der Waals surface area contributed by atoms with Crippen molar-refractivity contribution in [1.82, 2.24) is 0 Å². The molecule has 0 aromatic heterocycles. The zero-order valence-corrected chi connectivity index (χ0v) is 12.2. The lowest BCUT2D eigenvalue weighted by atomic mass is 10.1. The number of carbonyl (C=O) groups is 1. The third-order valence-corrected chi connectivity index (χ3v) is 4.16. The van der Waals surface area contributed by atoms with Crippen molar-refractivity contribution in [2.24, 2.45) is 0 Å². The van der Waals surface area contributed by atoms with Gasteiger partial charge in [0.05, 0.1) is 7.11 Å². The van der Waals surface area contributed by atoms with Gasteiger partial charge < -0.3 is 4.74 Å². The molecule has 0 saturated carbocycles. The molecule has 0 fully saturated rings. The van der Waals surface area contributed by atoms with Gasteiger partial charge in [-0.25, -0.2) is 0 Å². The van der Waals surface area contributed by atoms with Gasteiger partial charge in [-0.05, 0) is 45.7 Å². The smallest absolute Gasteiger partial charge is 0.321 e. The Labute approximate surface area is 108 Å². The van der Waals surface area contributed by atoms with Crippen LogP contribution in [-0.4, -0.2) is 17.8 Å². The fraction of sp³-hybridized carbons (Fsp3) is 0.500. The van der Waals surface area contributed by atoms with Crippen LogP contribution in [0.2, 0.25) is 0 Å². The predicted octanol–water partition coefficient (Wildman–Crippen LogP) is 3.66. The first kappa shape index (κ1) is 14.1. The van der Waals surface area contributed by atoms with E-state index in [9.17, 15) is 4.79 Å². The van der Waals surface area contributed by atoms with Crippen LogP contribution in [0, 0.1) is 20.8 Å². The molecule has 0 bridgehead atoms. The maximum absolute atomic E-state index is 11.7. The topological polar surface area (TPSA) is 26.3 Å². The van der Waals surface area contributed by atoms with E-state index in [1.165, 1.54) is 28.7 Å². The molecule has 1 aromatic carbocycles. The maximum atomic E-state index is 11.7. The molecule has 0 amide bonds. The van der Waals surface area contributed by atoms with Crippen molar-refractivity contribution >= 4 is 17.7 Å². The Hall–Kier alpha value is -0.960. The summed E-state index contributed by atoms with van der Waals surface area (Å²) < 4.78 is 4.27. The highest BCUT2D eigenvalue weighted by Crippen LogP contribution is 2.37. The normalized spacial score (nSPS) is 11.4. The van der Waals surface area contributed by atoms with Crippen LogP contribution in [-0.2, 0) is 9.53 Å². The monoisotopic (exact) mass is 252 g/mol. The first-order valence-electron chi connectivity index (χ1n) is 5.63. The van der Waals surface area contributed by atoms with Crippen molar-refractivity contribution < 1.29 is 9.53 Å². The van der Waals surface area contributed by atoms with Crippen molar-refractivity contribution in [2.75, 3.05) is 7.11 Å². The largest absolute Gasteiger partial charge is 0.468 e. The number of ether oxygens (including phenoxy) is 1. The summed E-state index contributed by atoms with van der Waals surface area (Å²) in [5, 5.41) is 0. The van der Waals surface area contributed by atoms with Gasteiger partial charge in [0.15, 0.2) is 0 Å². The molecule has 0 aliphatic heterocycles. The van der Waals surface area contributed by atoms with Crippen molar-refractivity contribution in [3.63, 3.8) is 0 Å². The van der Waals surface area contributed by atoms with E-state index in [2.05, 4.69) is 32.9 Å². The Bertz CT molecular complexity index is 413. The quantitative estimate of drug-likeness (QED) is 0.606. The molecule has 0 heterocycles. The Balaban J connectivity index is 3.07. The van der Waals surface area contributed by atoms with Crippen LogP contribution < -0.4 is 0 Å². The first-order valence-corrected chi connectivity index (χ1v) is 6.45. The fourth-order valence-corrected chi connectivity index (χ4v) is 2.99. The molecule has 3 heteroatoms. The second-order valence-electron chi connectivity index (χ2n) is 4.83. The minimum atomic E-state index is -0.556. The van der Waals surface area contributed by atoms with Crippen molar-refractivity contribution in [2.45, 2.75) is 44.3 Å². The summed E-state index contributed by atoms with van der Waals surface area (Å²) in [7, 11) is 1.43. The minimum Gasteiger partial charge on any atom is -0.468 e. The number of aryl methyl sites for hydroxylation is 3. The molecule has 0 radical (unpaired) electrons. The predicted molar refractivity (Wildman–Crippen MR) is 72.6 cm³/mol. The maximum Gasteiger partial charge on any atom is 0.321 e. The molecule has 0 aliphatic carbocycles. The second-order valence-corrected chi connectivity index (χ2v) is 6.46. The molecule has 2 nitrogen and oxygen atoms in total. The lowest BCUT2D eigenvalue weighted by Gasteiger charge is -2.23. The third-order valence-electron chi connectivity index (χ3n) is 2.64. The van der Waals surface area contributed by atoms with E-state index >= 15 is 0 Å². The zero-order valence-electron chi connectivity index (χ0n) is 11.4. The van der Waals surface area contributed by atoms with E-state index in [-0.39, 0.29) is 5.97 Å². The highest BCUT2D eigenvalue weighted by molar-refractivity contribution is 8.01. The van der Waals surface area contributed by atoms with E-state index in [1.54, 1.807) is 11.8 Å².